The second kappa shape index (κ2) is 9.34. The first-order valence-electron chi connectivity index (χ1n) is 10.9. The number of piperazine rings is 1. The molecule has 0 N–H and O–H groups in total. The predicted molar refractivity (Wildman–Crippen MR) is 121 cm³/mol. The molecule has 0 bridgehead atoms. The molecule has 0 saturated carbocycles. The highest BCUT2D eigenvalue weighted by atomic mass is 16.5. The zero-order valence-corrected chi connectivity index (χ0v) is 18.4. The molecule has 4 rings (SSSR count). The molecule has 8 heteroatoms. The van der Waals surface area contributed by atoms with Gasteiger partial charge in [0.25, 0.3) is 0 Å². The summed E-state index contributed by atoms with van der Waals surface area (Å²) in [5.41, 5.74) is 2.49. The molecule has 1 aliphatic heterocycles. The summed E-state index contributed by atoms with van der Waals surface area (Å²) in [6.07, 6.45) is 5.70. The van der Waals surface area contributed by atoms with Gasteiger partial charge in [-0.2, -0.15) is 14.9 Å². The third kappa shape index (κ3) is 4.80. The van der Waals surface area contributed by atoms with Gasteiger partial charge in [0.15, 0.2) is 0 Å². The van der Waals surface area contributed by atoms with Crippen molar-refractivity contribution in [1.29, 1.82) is 0 Å². The molecule has 8 nitrogen and oxygen atoms in total. The van der Waals surface area contributed by atoms with Gasteiger partial charge in [0.2, 0.25) is 5.75 Å². The third-order valence-electron chi connectivity index (χ3n) is 5.40. The Bertz CT molecular complexity index is 1050. The largest absolute Gasteiger partial charge is 0.483 e. The van der Waals surface area contributed by atoms with E-state index in [0.29, 0.717) is 5.75 Å². The van der Waals surface area contributed by atoms with Crippen LogP contribution in [0.25, 0.3) is 5.69 Å². The standard InChI is InChI=1S/C23H30N6O2/c1-4-28-17-19(14-24-28)16-26-10-12-27(13-11-26)21-15-25-29(20-8-6-5-7-9-20)23(30)22(21)31-18(2)3/h5-9,14-15,17-18H,4,10-13,16H2,1-3H3. The van der Waals surface area contributed by atoms with Gasteiger partial charge < -0.3 is 9.64 Å². The number of aryl methyl sites for hydroxylation is 1. The highest BCUT2D eigenvalue weighted by Gasteiger charge is 2.24. The molecule has 0 radical (unpaired) electrons. The Labute approximate surface area is 182 Å². The second-order valence-electron chi connectivity index (χ2n) is 8.05. The quantitative estimate of drug-likeness (QED) is 0.583. The van der Waals surface area contributed by atoms with Crippen molar-refractivity contribution in [2.75, 3.05) is 31.1 Å². The Balaban J connectivity index is 1.52. The Morgan fingerprint density at radius 2 is 1.77 bits per heavy atom. The molecule has 2 aromatic heterocycles. The Hall–Kier alpha value is -3.13. The number of nitrogens with zero attached hydrogens (tertiary/aromatic N) is 6. The number of hydrogen-bond donors (Lipinski definition) is 0. The average molecular weight is 423 g/mol. The van der Waals surface area contributed by atoms with Gasteiger partial charge in [-0.25, -0.2) is 0 Å². The summed E-state index contributed by atoms with van der Waals surface area (Å²) in [4.78, 5) is 17.8. The first kappa shape index (κ1) is 21.1. The molecule has 3 heterocycles. The molecule has 1 aliphatic rings. The summed E-state index contributed by atoms with van der Waals surface area (Å²) in [6, 6.07) is 9.44. The lowest BCUT2D eigenvalue weighted by atomic mass is 10.2. The summed E-state index contributed by atoms with van der Waals surface area (Å²) >= 11 is 0. The lowest BCUT2D eigenvalue weighted by Gasteiger charge is -2.36. The van der Waals surface area contributed by atoms with E-state index in [1.54, 1.807) is 6.20 Å². The highest BCUT2D eigenvalue weighted by molar-refractivity contribution is 5.57. The van der Waals surface area contributed by atoms with Crippen LogP contribution in [0.3, 0.4) is 0 Å². The molecule has 31 heavy (non-hydrogen) atoms. The third-order valence-corrected chi connectivity index (χ3v) is 5.40. The molecule has 0 amide bonds. The number of rotatable bonds is 7. The maximum Gasteiger partial charge on any atom is 0.316 e. The summed E-state index contributed by atoms with van der Waals surface area (Å²) in [6.45, 7) is 11.2. The van der Waals surface area contributed by atoms with Crippen molar-refractivity contribution in [2.45, 2.75) is 40.0 Å². The van der Waals surface area contributed by atoms with Crippen LogP contribution in [0.4, 0.5) is 5.69 Å². The first-order valence-corrected chi connectivity index (χ1v) is 10.9. The number of benzene rings is 1. The zero-order chi connectivity index (χ0) is 21.8. The smallest absolute Gasteiger partial charge is 0.316 e. The second-order valence-corrected chi connectivity index (χ2v) is 8.05. The highest BCUT2D eigenvalue weighted by Crippen LogP contribution is 2.26. The summed E-state index contributed by atoms with van der Waals surface area (Å²) < 4.78 is 9.35. The van der Waals surface area contributed by atoms with Gasteiger partial charge in [-0.3, -0.25) is 14.4 Å². The van der Waals surface area contributed by atoms with E-state index in [1.807, 2.05) is 55.1 Å². The molecule has 1 saturated heterocycles. The number of para-hydroxylation sites is 1. The van der Waals surface area contributed by atoms with E-state index in [1.165, 1.54) is 10.2 Å². The average Bonchev–Trinajstić information content (AvgIpc) is 3.24. The molecular formula is C23H30N6O2. The van der Waals surface area contributed by atoms with E-state index in [2.05, 4.69) is 33.1 Å². The number of hydrogen-bond acceptors (Lipinski definition) is 6. The van der Waals surface area contributed by atoms with Crippen LogP contribution in [0.1, 0.15) is 26.3 Å². The van der Waals surface area contributed by atoms with E-state index in [9.17, 15) is 4.79 Å². The van der Waals surface area contributed by atoms with Gasteiger partial charge in [-0.1, -0.05) is 18.2 Å². The van der Waals surface area contributed by atoms with Crippen LogP contribution >= 0.6 is 0 Å². The van der Waals surface area contributed by atoms with Gasteiger partial charge in [-0.15, -0.1) is 0 Å². The molecule has 1 aromatic carbocycles. The SMILES string of the molecule is CCn1cc(CN2CCN(c3cnn(-c4ccccc4)c(=O)c3OC(C)C)CC2)cn1. The van der Waals surface area contributed by atoms with Crippen LogP contribution in [0, 0.1) is 0 Å². The predicted octanol–water partition coefficient (Wildman–Crippen LogP) is 2.56. The Morgan fingerprint density at radius 1 is 1.03 bits per heavy atom. The van der Waals surface area contributed by atoms with E-state index < -0.39 is 0 Å². The fourth-order valence-corrected chi connectivity index (χ4v) is 3.82. The zero-order valence-electron chi connectivity index (χ0n) is 18.4. The summed E-state index contributed by atoms with van der Waals surface area (Å²) in [5, 5.41) is 8.81. The maximum absolute atomic E-state index is 13.2. The monoisotopic (exact) mass is 422 g/mol. The topological polar surface area (TPSA) is 68.4 Å². The van der Waals surface area contributed by atoms with Gasteiger partial charge in [0, 0.05) is 51.0 Å². The van der Waals surface area contributed by atoms with Crippen LogP contribution in [0.2, 0.25) is 0 Å². The van der Waals surface area contributed by atoms with Crippen LogP contribution in [-0.4, -0.2) is 56.7 Å². The van der Waals surface area contributed by atoms with Crippen molar-refractivity contribution in [2.24, 2.45) is 0 Å². The molecule has 3 aromatic rings. The molecule has 0 atom stereocenters. The molecule has 164 valence electrons. The number of anilines is 1. The Kier molecular flexibility index (Phi) is 6.36. The van der Waals surface area contributed by atoms with E-state index >= 15 is 0 Å². The minimum atomic E-state index is -0.230. The van der Waals surface area contributed by atoms with Crippen molar-refractivity contribution >= 4 is 5.69 Å². The van der Waals surface area contributed by atoms with Gasteiger partial charge in [-0.05, 0) is 32.9 Å². The van der Waals surface area contributed by atoms with Crippen molar-refractivity contribution in [1.82, 2.24) is 24.5 Å². The van der Waals surface area contributed by atoms with Crippen molar-refractivity contribution in [3.05, 3.63) is 64.8 Å². The fourth-order valence-electron chi connectivity index (χ4n) is 3.82. The lowest BCUT2D eigenvalue weighted by Crippen LogP contribution is -2.46. The fraction of sp³-hybridized carbons (Fsp3) is 0.435. The first-order chi connectivity index (χ1) is 15.0. The van der Waals surface area contributed by atoms with Crippen LogP contribution < -0.4 is 15.2 Å². The van der Waals surface area contributed by atoms with E-state index in [-0.39, 0.29) is 11.7 Å². The van der Waals surface area contributed by atoms with Crippen molar-refractivity contribution in [3.8, 4) is 11.4 Å². The maximum atomic E-state index is 13.2. The van der Waals surface area contributed by atoms with Crippen LogP contribution in [-0.2, 0) is 13.1 Å². The van der Waals surface area contributed by atoms with Crippen LogP contribution in [0.5, 0.6) is 5.75 Å². The minimum absolute atomic E-state index is 0.102. The normalized spacial score (nSPS) is 14.9. The van der Waals surface area contributed by atoms with E-state index in [0.717, 1.165) is 50.6 Å². The van der Waals surface area contributed by atoms with Crippen molar-refractivity contribution < 1.29 is 4.74 Å². The van der Waals surface area contributed by atoms with Gasteiger partial charge in [0.05, 0.1) is 24.2 Å². The molecule has 1 fully saturated rings. The molecule has 0 unspecified atom stereocenters. The number of aromatic nitrogens is 4. The molecule has 0 spiro atoms. The number of ether oxygens (including phenoxy) is 1. The van der Waals surface area contributed by atoms with Crippen LogP contribution in [0.15, 0.2) is 53.7 Å². The van der Waals surface area contributed by atoms with Crippen molar-refractivity contribution in [3.63, 3.8) is 0 Å². The van der Waals surface area contributed by atoms with Gasteiger partial charge in [0.1, 0.15) is 5.69 Å². The summed E-state index contributed by atoms with van der Waals surface area (Å²) in [7, 11) is 0. The minimum Gasteiger partial charge on any atom is -0.483 e. The lowest BCUT2D eigenvalue weighted by molar-refractivity contribution is 0.231. The molecule has 0 aliphatic carbocycles. The summed E-state index contributed by atoms with van der Waals surface area (Å²) in [5.74, 6) is 0.367. The Morgan fingerprint density at radius 3 is 2.42 bits per heavy atom. The van der Waals surface area contributed by atoms with Gasteiger partial charge >= 0.3 is 5.56 Å². The van der Waals surface area contributed by atoms with E-state index in [4.69, 9.17) is 4.74 Å². The molecular weight excluding hydrogens is 392 g/mol.